The van der Waals surface area contributed by atoms with Gasteiger partial charge in [0, 0.05) is 5.56 Å². The summed E-state index contributed by atoms with van der Waals surface area (Å²) in [5.41, 5.74) is 4.70. The molecule has 0 atom stereocenters. The summed E-state index contributed by atoms with van der Waals surface area (Å²) in [5, 5.41) is 4.03. The molecule has 2 aromatic carbocycles. The molecular weight excluding hydrogens is 316 g/mol. The second-order valence-electron chi connectivity index (χ2n) is 5.41. The van der Waals surface area contributed by atoms with Crippen molar-refractivity contribution >= 4 is 11.6 Å². The number of furan rings is 1. The number of hydrogen-bond donors (Lipinski definition) is 1. The normalized spacial score (nSPS) is 11.2. The lowest BCUT2D eigenvalue weighted by Crippen LogP contribution is -2.19. The lowest BCUT2D eigenvalue weighted by Gasteiger charge is -2.07. The van der Waals surface area contributed by atoms with Crippen LogP contribution in [0.1, 0.15) is 28.6 Å². The Bertz CT molecular complexity index is 838. The molecule has 0 fully saturated rings. The molecule has 0 aliphatic carbocycles. The molecule has 0 aliphatic rings. The van der Waals surface area contributed by atoms with Crippen LogP contribution in [0.3, 0.4) is 0 Å². The molecule has 0 spiro atoms. The van der Waals surface area contributed by atoms with Crippen LogP contribution in [0.25, 0.3) is 0 Å². The van der Waals surface area contributed by atoms with E-state index < -0.39 is 0 Å². The summed E-state index contributed by atoms with van der Waals surface area (Å²) in [5.74, 6) is 1.03. The number of carbonyl (C=O) groups excluding carboxylic acids is 1. The quantitative estimate of drug-likeness (QED) is 0.547. The Morgan fingerprint density at radius 3 is 2.48 bits per heavy atom. The number of carbonyl (C=O) groups is 1. The molecule has 1 aromatic heterocycles. The summed E-state index contributed by atoms with van der Waals surface area (Å²) in [6.07, 6.45) is 1.56. The fraction of sp³-hybridized carbons (Fsp3) is 0.100. The minimum Gasteiger partial charge on any atom is -0.489 e. The Hall–Kier alpha value is -3.34. The van der Waals surface area contributed by atoms with Crippen molar-refractivity contribution in [2.45, 2.75) is 13.5 Å². The second kappa shape index (κ2) is 7.97. The number of hydrazone groups is 1. The highest BCUT2D eigenvalue weighted by Gasteiger charge is 2.06. The Morgan fingerprint density at radius 1 is 1.04 bits per heavy atom. The van der Waals surface area contributed by atoms with Crippen molar-refractivity contribution in [2.75, 3.05) is 0 Å². The van der Waals surface area contributed by atoms with Gasteiger partial charge in [0.1, 0.15) is 23.8 Å². The first kappa shape index (κ1) is 16.5. The van der Waals surface area contributed by atoms with Gasteiger partial charge in [-0.05, 0) is 48.9 Å². The van der Waals surface area contributed by atoms with Gasteiger partial charge in [0.25, 0.3) is 5.91 Å². The maximum absolute atomic E-state index is 12.1. The van der Waals surface area contributed by atoms with Crippen molar-refractivity contribution in [3.63, 3.8) is 0 Å². The van der Waals surface area contributed by atoms with Crippen molar-refractivity contribution < 1.29 is 13.9 Å². The summed E-state index contributed by atoms with van der Waals surface area (Å²) in [6.45, 7) is 2.25. The third kappa shape index (κ3) is 4.57. The molecule has 1 amide bonds. The Morgan fingerprint density at radius 2 is 1.80 bits per heavy atom. The van der Waals surface area contributed by atoms with Gasteiger partial charge < -0.3 is 9.15 Å². The standard InChI is InChI=1S/C20H18N2O3/c1-15(19-8-5-13-24-19)21-22-20(23)17-9-11-18(12-10-17)25-14-16-6-3-2-4-7-16/h2-13H,14H2,1H3,(H,22,23)/b21-15+. The smallest absolute Gasteiger partial charge is 0.271 e. The van der Waals surface area contributed by atoms with E-state index in [2.05, 4.69) is 10.5 Å². The molecule has 1 N–H and O–H groups in total. The van der Waals surface area contributed by atoms with Crippen LogP contribution in [-0.2, 0) is 6.61 Å². The molecule has 5 heteroatoms. The molecule has 3 aromatic rings. The molecule has 0 unspecified atom stereocenters. The zero-order valence-corrected chi connectivity index (χ0v) is 13.8. The number of amides is 1. The van der Waals surface area contributed by atoms with E-state index in [1.54, 1.807) is 49.6 Å². The first-order chi connectivity index (χ1) is 12.2. The molecule has 0 saturated carbocycles. The fourth-order valence-electron chi connectivity index (χ4n) is 2.18. The van der Waals surface area contributed by atoms with Gasteiger partial charge in [-0.25, -0.2) is 5.43 Å². The van der Waals surface area contributed by atoms with Gasteiger partial charge in [0.05, 0.1) is 6.26 Å². The second-order valence-corrected chi connectivity index (χ2v) is 5.41. The predicted octanol–water partition coefficient (Wildman–Crippen LogP) is 4.01. The first-order valence-corrected chi connectivity index (χ1v) is 7.87. The van der Waals surface area contributed by atoms with E-state index in [-0.39, 0.29) is 5.91 Å². The topological polar surface area (TPSA) is 63.8 Å². The lowest BCUT2D eigenvalue weighted by atomic mass is 10.2. The molecule has 0 saturated heterocycles. The lowest BCUT2D eigenvalue weighted by molar-refractivity contribution is 0.0954. The van der Waals surface area contributed by atoms with Crippen LogP contribution in [0.15, 0.2) is 82.5 Å². The number of ether oxygens (including phenoxy) is 1. The number of benzene rings is 2. The van der Waals surface area contributed by atoms with Crippen LogP contribution in [-0.4, -0.2) is 11.6 Å². The van der Waals surface area contributed by atoms with Crippen LogP contribution in [0.5, 0.6) is 5.75 Å². The van der Waals surface area contributed by atoms with Crippen LogP contribution >= 0.6 is 0 Å². The average molecular weight is 334 g/mol. The first-order valence-electron chi connectivity index (χ1n) is 7.87. The molecule has 5 nitrogen and oxygen atoms in total. The van der Waals surface area contributed by atoms with E-state index in [1.165, 1.54) is 0 Å². The van der Waals surface area contributed by atoms with E-state index >= 15 is 0 Å². The molecule has 25 heavy (non-hydrogen) atoms. The van der Waals surface area contributed by atoms with Crippen LogP contribution < -0.4 is 10.2 Å². The highest BCUT2D eigenvalue weighted by Crippen LogP contribution is 2.14. The van der Waals surface area contributed by atoms with E-state index in [9.17, 15) is 4.79 Å². The van der Waals surface area contributed by atoms with Crippen LogP contribution in [0, 0.1) is 0 Å². The third-order valence-electron chi connectivity index (χ3n) is 3.57. The molecule has 1 heterocycles. The number of rotatable bonds is 6. The van der Waals surface area contributed by atoms with E-state index in [1.807, 2.05) is 30.3 Å². The van der Waals surface area contributed by atoms with Gasteiger partial charge >= 0.3 is 0 Å². The zero-order chi connectivity index (χ0) is 17.5. The summed E-state index contributed by atoms with van der Waals surface area (Å²) in [7, 11) is 0. The minimum atomic E-state index is -0.291. The predicted molar refractivity (Wildman–Crippen MR) is 95.6 cm³/mol. The monoisotopic (exact) mass is 334 g/mol. The largest absolute Gasteiger partial charge is 0.489 e. The van der Waals surface area contributed by atoms with Crippen molar-refractivity contribution in [1.29, 1.82) is 0 Å². The van der Waals surface area contributed by atoms with Crippen molar-refractivity contribution in [1.82, 2.24) is 5.43 Å². The summed E-state index contributed by atoms with van der Waals surface area (Å²) in [4.78, 5) is 12.1. The molecule has 0 bridgehead atoms. The summed E-state index contributed by atoms with van der Waals surface area (Å²) < 4.78 is 10.9. The molecule has 0 radical (unpaired) electrons. The van der Waals surface area contributed by atoms with E-state index in [0.717, 1.165) is 5.56 Å². The minimum absolute atomic E-state index is 0.291. The number of nitrogens with one attached hydrogen (secondary N) is 1. The highest BCUT2D eigenvalue weighted by atomic mass is 16.5. The Labute approximate surface area is 145 Å². The van der Waals surface area contributed by atoms with Gasteiger partial charge in [-0.15, -0.1) is 0 Å². The highest BCUT2D eigenvalue weighted by molar-refractivity contribution is 5.99. The van der Waals surface area contributed by atoms with Gasteiger partial charge in [0.2, 0.25) is 0 Å². The molecular formula is C20H18N2O3. The molecule has 3 rings (SSSR count). The molecule has 0 aliphatic heterocycles. The fourth-order valence-corrected chi connectivity index (χ4v) is 2.18. The Balaban J connectivity index is 1.56. The van der Waals surface area contributed by atoms with Crippen LogP contribution in [0.2, 0.25) is 0 Å². The van der Waals surface area contributed by atoms with Gasteiger partial charge in [-0.1, -0.05) is 30.3 Å². The van der Waals surface area contributed by atoms with Crippen molar-refractivity contribution in [2.24, 2.45) is 5.10 Å². The molecule has 126 valence electrons. The van der Waals surface area contributed by atoms with Gasteiger partial charge in [-0.2, -0.15) is 5.10 Å². The zero-order valence-electron chi connectivity index (χ0n) is 13.8. The van der Waals surface area contributed by atoms with Crippen molar-refractivity contribution in [3.05, 3.63) is 89.9 Å². The third-order valence-corrected chi connectivity index (χ3v) is 3.57. The maximum Gasteiger partial charge on any atom is 0.271 e. The average Bonchev–Trinajstić information content (AvgIpc) is 3.20. The summed E-state index contributed by atoms with van der Waals surface area (Å²) >= 11 is 0. The SMILES string of the molecule is C/C(=N\NC(=O)c1ccc(OCc2ccccc2)cc1)c1ccco1. The summed E-state index contributed by atoms with van der Waals surface area (Å²) in [6, 6.07) is 20.4. The Kier molecular flexibility index (Phi) is 5.26. The number of nitrogens with zero attached hydrogens (tertiary/aromatic N) is 1. The number of hydrogen-bond acceptors (Lipinski definition) is 4. The van der Waals surface area contributed by atoms with Gasteiger partial charge in [0.15, 0.2) is 0 Å². The van der Waals surface area contributed by atoms with E-state index in [0.29, 0.717) is 29.4 Å². The van der Waals surface area contributed by atoms with Crippen LogP contribution in [0.4, 0.5) is 0 Å². The van der Waals surface area contributed by atoms with Crippen molar-refractivity contribution in [3.8, 4) is 5.75 Å². The van der Waals surface area contributed by atoms with Gasteiger partial charge in [-0.3, -0.25) is 4.79 Å². The van der Waals surface area contributed by atoms with E-state index in [4.69, 9.17) is 9.15 Å². The maximum atomic E-state index is 12.1.